The van der Waals surface area contributed by atoms with Gasteiger partial charge in [-0.1, -0.05) is 29.8 Å². The van der Waals surface area contributed by atoms with Gasteiger partial charge in [0.2, 0.25) is 0 Å². The van der Waals surface area contributed by atoms with Crippen molar-refractivity contribution in [1.29, 1.82) is 0 Å². The van der Waals surface area contributed by atoms with Crippen molar-refractivity contribution < 1.29 is 12.8 Å². The first-order valence-corrected chi connectivity index (χ1v) is 11.4. The summed E-state index contributed by atoms with van der Waals surface area (Å²) >= 11 is 6.06. The van der Waals surface area contributed by atoms with E-state index in [2.05, 4.69) is 27.2 Å². The van der Waals surface area contributed by atoms with Crippen molar-refractivity contribution in [2.24, 2.45) is 0 Å². The maximum atomic E-state index is 12.8. The van der Waals surface area contributed by atoms with Crippen molar-refractivity contribution in [2.75, 3.05) is 10.0 Å². The van der Waals surface area contributed by atoms with Crippen molar-refractivity contribution in [3.05, 3.63) is 76.8 Å². The number of hydrogen-bond acceptors (Lipinski definition) is 5. The van der Waals surface area contributed by atoms with Crippen molar-refractivity contribution in [1.82, 2.24) is 4.98 Å². The van der Waals surface area contributed by atoms with E-state index in [-0.39, 0.29) is 4.90 Å². The minimum Gasteiger partial charge on any atom is -0.423 e. The lowest BCUT2D eigenvalue weighted by atomic mass is 10.1. The molecule has 0 spiro atoms. The number of aromatic nitrogens is 1. The van der Waals surface area contributed by atoms with Gasteiger partial charge in [0, 0.05) is 11.8 Å². The molecule has 0 radical (unpaired) electrons. The van der Waals surface area contributed by atoms with Gasteiger partial charge in [-0.25, -0.2) is 8.42 Å². The van der Waals surface area contributed by atoms with Crippen LogP contribution in [0.15, 0.2) is 70.0 Å². The highest BCUT2D eigenvalue weighted by Gasteiger charge is 2.18. The van der Waals surface area contributed by atoms with Gasteiger partial charge in [0.1, 0.15) is 5.52 Å². The molecule has 4 aromatic rings. The van der Waals surface area contributed by atoms with Crippen molar-refractivity contribution in [3.63, 3.8) is 0 Å². The zero-order chi connectivity index (χ0) is 20.7. The third kappa shape index (κ3) is 3.62. The number of rotatable bonds is 5. The molecule has 0 atom stereocenters. The van der Waals surface area contributed by atoms with Crippen LogP contribution in [0.4, 0.5) is 17.4 Å². The van der Waals surface area contributed by atoms with E-state index in [9.17, 15) is 8.42 Å². The van der Waals surface area contributed by atoms with Crippen LogP contribution >= 0.6 is 11.6 Å². The minimum absolute atomic E-state index is 0.0650. The number of halogens is 1. The Labute approximate surface area is 178 Å². The second-order valence-electron chi connectivity index (χ2n) is 7.20. The van der Waals surface area contributed by atoms with Crippen LogP contribution in [-0.2, 0) is 22.9 Å². The van der Waals surface area contributed by atoms with Crippen LogP contribution < -0.4 is 10.0 Å². The number of para-hydroxylation sites is 1. The van der Waals surface area contributed by atoms with Crippen molar-refractivity contribution >= 4 is 50.1 Å². The molecular formula is C22H18ClN3O3S. The molecule has 1 heterocycles. The number of hydrogen-bond donors (Lipinski definition) is 2. The SMILES string of the molecule is O=S(=O)(Nc1ccccc1Cl)c1ccc2nc(Nc3ccc4c(c3)CCC4)oc2c1. The number of sulfonamides is 1. The molecule has 8 heteroatoms. The minimum atomic E-state index is -3.83. The summed E-state index contributed by atoms with van der Waals surface area (Å²) in [5, 5.41) is 3.49. The van der Waals surface area contributed by atoms with E-state index in [0.717, 1.165) is 18.5 Å². The lowest BCUT2D eigenvalue weighted by Crippen LogP contribution is -2.13. The number of oxazole rings is 1. The van der Waals surface area contributed by atoms with Crippen LogP contribution in [0.25, 0.3) is 11.1 Å². The monoisotopic (exact) mass is 439 g/mol. The van der Waals surface area contributed by atoms with Gasteiger partial charge in [0.15, 0.2) is 5.58 Å². The molecule has 3 aromatic carbocycles. The quantitative estimate of drug-likeness (QED) is 0.428. The first-order valence-electron chi connectivity index (χ1n) is 9.55. The molecule has 1 aliphatic rings. The summed E-state index contributed by atoms with van der Waals surface area (Å²) in [6.07, 6.45) is 3.39. The van der Waals surface area contributed by atoms with E-state index < -0.39 is 10.0 Å². The number of anilines is 3. The predicted molar refractivity (Wildman–Crippen MR) is 118 cm³/mol. The number of benzene rings is 3. The number of aryl methyl sites for hydroxylation is 2. The lowest BCUT2D eigenvalue weighted by Gasteiger charge is -2.09. The summed E-state index contributed by atoms with van der Waals surface area (Å²) < 4.78 is 33.8. The second-order valence-corrected chi connectivity index (χ2v) is 9.29. The third-order valence-corrected chi connectivity index (χ3v) is 6.83. The standard InChI is InChI=1S/C22H18ClN3O3S/c23-18-6-1-2-7-19(18)26-30(27,28)17-10-11-20-21(13-17)29-22(25-20)24-16-9-8-14-4-3-5-15(14)12-16/h1-2,6-13,26H,3-5H2,(H,24,25). The Kier molecular flexibility index (Phi) is 4.64. The summed E-state index contributed by atoms with van der Waals surface area (Å²) in [5.74, 6) is 0. The highest BCUT2D eigenvalue weighted by molar-refractivity contribution is 7.92. The summed E-state index contributed by atoms with van der Waals surface area (Å²) in [6.45, 7) is 0. The second kappa shape index (κ2) is 7.34. The summed E-state index contributed by atoms with van der Waals surface area (Å²) in [7, 11) is -3.83. The van der Waals surface area contributed by atoms with E-state index in [1.54, 1.807) is 30.3 Å². The molecule has 1 aromatic heterocycles. The lowest BCUT2D eigenvalue weighted by molar-refractivity contribution is 0.599. The summed E-state index contributed by atoms with van der Waals surface area (Å²) in [5.41, 5.74) is 4.89. The van der Waals surface area contributed by atoms with Crippen LogP contribution in [-0.4, -0.2) is 13.4 Å². The zero-order valence-corrected chi connectivity index (χ0v) is 17.4. The Morgan fingerprint density at radius 2 is 1.80 bits per heavy atom. The molecule has 0 amide bonds. The molecule has 6 nitrogen and oxygen atoms in total. The Hall–Kier alpha value is -3.03. The van der Waals surface area contributed by atoms with Crippen molar-refractivity contribution in [2.45, 2.75) is 24.2 Å². The van der Waals surface area contributed by atoms with Gasteiger partial charge < -0.3 is 9.73 Å². The predicted octanol–water partition coefficient (Wildman–Crippen LogP) is 5.51. The smallest absolute Gasteiger partial charge is 0.300 e. The number of fused-ring (bicyclic) bond motifs is 2. The molecular weight excluding hydrogens is 422 g/mol. The van der Waals surface area contributed by atoms with Gasteiger partial charge in [0.25, 0.3) is 16.0 Å². The average molecular weight is 440 g/mol. The molecule has 0 unspecified atom stereocenters. The van der Waals surface area contributed by atoms with Gasteiger partial charge in [-0.05, 0) is 66.8 Å². The molecule has 1 aliphatic carbocycles. The van der Waals surface area contributed by atoms with E-state index >= 15 is 0 Å². The number of nitrogens with zero attached hydrogens (tertiary/aromatic N) is 1. The fraction of sp³-hybridized carbons (Fsp3) is 0.136. The van der Waals surface area contributed by atoms with Crippen LogP contribution in [0.5, 0.6) is 0 Å². The molecule has 152 valence electrons. The van der Waals surface area contributed by atoms with Gasteiger partial charge in [0.05, 0.1) is 15.6 Å². The van der Waals surface area contributed by atoms with E-state index in [1.165, 1.54) is 29.7 Å². The van der Waals surface area contributed by atoms with Gasteiger partial charge in [-0.15, -0.1) is 0 Å². The zero-order valence-electron chi connectivity index (χ0n) is 15.9. The van der Waals surface area contributed by atoms with Gasteiger partial charge in [-0.2, -0.15) is 4.98 Å². The first-order chi connectivity index (χ1) is 14.5. The molecule has 2 N–H and O–H groups in total. The van der Waals surface area contributed by atoms with Crippen LogP contribution in [0.3, 0.4) is 0 Å². The fourth-order valence-electron chi connectivity index (χ4n) is 3.65. The normalized spacial score (nSPS) is 13.4. The summed E-state index contributed by atoms with van der Waals surface area (Å²) in [4.78, 5) is 4.47. The molecule has 0 saturated heterocycles. The highest BCUT2D eigenvalue weighted by atomic mass is 35.5. The molecule has 30 heavy (non-hydrogen) atoms. The van der Waals surface area contributed by atoms with Gasteiger partial charge >= 0.3 is 0 Å². The Morgan fingerprint density at radius 1 is 0.967 bits per heavy atom. The maximum absolute atomic E-state index is 12.8. The Bertz CT molecular complexity index is 1370. The fourth-order valence-corrected chi connectivity index (χ4v) is 4.98. The van der Waals surface area contributed by atoms with Crippen LogP contribution in [0.1, 0.15) is 17.5 Å². The molecule has 0 saturated carbocycles. The van der Waals surface area contributed by atoms with Crippen LogP contribution in [0, 0.1) is 0 Å². The van der Waals surface area contributed by atoms with E-state index in [1.807, 2.05) is 6.07 Å². The third-order valence-electron chi connectivity index (χ3n) is 5.14. The van der Waals surface area contributed by atoms with E-state index in [4.69, 9.17) is 16.0 Å². The molecule has 0 fully saturated rings. The highest BCUT2D eigenvalue weighted by Crippen LogP contribution is 2.29. The largest absolute Gasteiger partial charge is 0.423 e. The first kappa shape index (κ1) is 19.0. The van der Waals surface area contributed by atoms with Crippen LogP contribution in [0.2, 0.25) is 5.02 Å². The number of nitrogens with one attached hydrogen (secondary N) is 2. The van der Waals surface area contributed by atoms with E-state index in [0.29, 0.717) is 27.8 Å². The topological polar surface area (TPSA) is 84.2 Å². The Morgan fingerprint density at radius 3 is 2.67 bits per heavy atom. The molecule has 0 aliphatic heterocycles. The molecule has 5 rings (SSSR count). The maximum Gasteiger partial charge on any atom is 0.300 e. The van der Waals surface area contributed by atoms with Gasteiger partial charge in [-0.3, -0.25) is 4.72 Å². The Balaban J connectivity index is 1.42. The van der Waals surface area contributed by atoms with Crippen molar-refractivity contribution in [3.8, 4) is 0 Å². The molecule has 0 bridgehead atoms. The average Bonchev–Trinajstić information content (AvgIpc) is 3.34. The summed E-state index contributed by atoms with van der Waals surface area (Å²) in [6, 6.07) is 17.8.